The van der Waals surface area contributed by atoms with Gasteiger partial charge in [0.15, 0.2) is 11.6 Å². The topological polar surface area (TPSA) is 37.3 Å². The third-order valence-electron chi connectivity index (χ3n) is 1.99. The summed E-state index contributed by atoms with van der Waals surface area (Å²) >= 11 is 0. The molecular weight excluding hydrogens is 190 g/mol. The number of aryl methyl sites for hydroxylation is 2. The Morgan fingerprint density at radius 1 is 1.36 bits per heavy atom. The molecule has 1 aromatic carbocycles. The maximum absolute atomic E-state index is 12.8. The zero-order valence-corrected chi connectivity index (χ0v) is 7.68. The quantitative estimate of drug-likeness (QED) is 0.812. The number of hydrogen-bond donors (Lipinski definition) is 1. The fourth-order valence-electron chi connectivity index (χ4n) is 1.20. The highest BCUT2D eigenvalue weighted by molar-refractivity contribution is 5.67. The van der Waals surface area contributed by atoms with Crippen LogP contribution in [0.15, 0.2) is 12.1 Å². The van der Waals surface area contributed by atoms with Crippen LogP contribution in [0.4, 0.5) is 8.78 Å². The molecule has 0 saturated heterocycles. The van der Waals surface area contributed by atoms with Crippen LogP contribution in [0.5, 0.6) is 0 Å². The molecule has 0 aliphatic rings. The second-order valence-corrected chi connectivity index (χ2v) is 3.09. The summed E-state index contributed by atoms with van der Waals surface area (Å²) in [6.07, 6.45) is 0.143. The molecule has 0 amide bonds. The summed E-state index contributed by atoms with van der Waals surface area (Å²) < 4.78 is 25.4. The highest BCUT2D eigenvalue weighted by Crippen LogP contribution is 2.15. The molecule has 1 N–H and O–H groups in total. The summed E-state index contributed by atoms with van der Waals surface area (Å²) in [5.41, 5.74) is 1.11. The van der Waals surface area contributed by atoms with E-state index in [1.54, 1.807) is 6.92 Å². The van der Waals surface area contributed by atoms with Crippen molar-refractivity contribution < 1.29 is 18.7 Å². The minimum absolute atomic E-state index is 0.0775. The molecule has 1 rings (SSSR count). The summed E-state index contributed by atoms with van der Waals surface area (Å²) in [4.78, 5) is 10.3. The molecule has 0 aliphatic carbocycles. The van der Waals surface area contributed by atoms with Crippen LogP contribution < -0.4 is 0 Å². The van der Waals surface area contributed by atoms with E-state index in [0.29, 0.717) is 11.1 Å². The van der Waals surface area contributed by atoms with Crippen molar-refractivity contribution >= 4 is 5.97 Å². The maximum Gasteiger partial charge on any atom is 0.303 e. The average molecular weight is 200 g/mol. The first kappa shape index (κ1) is 10.6. The summed E-state index contributed by atoms with van der Waals surface area (Å²) in [6.45, 7) is 1.62. The van der Waals surface area contributed by atoms with Crippen molar-refractivity contribution in [1.29, 1.82) is 0 Å². The van der Waals surface area contributed by atoms with Gasteiger partial charge in [0.1, 0.15) is 0 Å². The van der Waals surface area contributed by atoms with E-state index in [1.165, 1.54) is 0 Å². The monoisotopic (exact) mass is 200 g/mol. The second-order valence-electron chi connectivity index (χ2n) is 3.09. The molecular formula is C10H10F2O2. The Hall–Kier alpha value is -1.45. The van der Waals surface area contributed by atoms with Gasteiger partial charge in [0.2, 0.25) is 0 Å². The molecule has 0 atom stereocenters. The molecule has 2 nitrogen and oxygen atoms in total. The Morgan fingerprint density at radius 3 is 2.50 bits per heavy atom. The van der Waals surface area contributed by atoms with Crippen LogP contribution in [-0.4, -0.2) is 11.1 Å². The lowest BCUT2D eigenvalue weighted by molar-refractivity contribution is -0.136. The summed E-state index contributed by atoms with van der Waals surface area (Å²) in [6, 6.07) is 2.13. The van der Waals surface area contributed by atoms with Crippen molar-refractivity contribution in [2.24, 2.45) is 0 Å². The molecule has 0 fully saturated rings. The van der Waals surface area contributed by atoms with E-state index in [1.807, 2.05) is 0 Å². The van der Waals surface area contributed by atoms with Gasteiger partial charge in [-0.3, -0.25) is 4.79 Å². The lowest BCUT2D eigenvalue weighted by Gasteiger charge is -2.04. The first-order chi connectivity index (χ1) is 6.50. The Balaban J connectivity index is 2.87. The fourth-order valence-corrected chi connectivity index (χ4v) is 1.20. The summed E-state index contributed by atoms with van der Waals surface area (Å²) in [5.74, 6) is -2.79. The van der Waals surface area contributed by atoms with Gasteiger partial charge in [-0.25, -0.2) is 8.78 Å². The van der Waals surface area contributed by atoms with Gasteiger partial charge in [-0.2, -0.15) is 0 Å². The lowest BCUT2D eigenvalue weighted by atomic mass is 10.0. The van der Waals surface area contributed by atoms with Gasteiger partial charge in [-0.1, -0.05) is 0 Å². The molecule has 14 heavy (non-hydrogen) atoms. The minimum Gasteiger partial charge on any atom is -0.481 e. The number of halogens is 2. The first-order valence-electron chi connectivity index (χ1n) is 4.17. The largest absolute Gasteiger partial charge is 0.481 e. The molecule has 0 spiro atoms. The van der Waals surface area contributed by atoms with Crippen molar-refractivity contribution in [2.45, 2.75) is 19.8 Å². The summed E-state index contributed by atoms with van der Waals surface area (Å²) in [5, 5.41) is 8.42. The molecule has 1 aromatic rings. The van der Waals surface area contributed by atoms with Gasteiger partial charge < -0.3 is 5.11 Å². The molecule has 0 saturated carbocycles. The van der Waals surface area contributed by atoms with Gasteiger partial charge in [0, 0.05) is 6.42 Å². The molecule has 4 heteroatoms. The molecule has 0 heterocycles. The van der Waals surface area contributed by atoms with Crippen LogP contribution >= 0.6 is 0 Å². The highest BCUT2D eigenvalue weighted by Gasteiger charge is 2.08. The van der Waals surface area contributed by atoms with Crippen molar-refractivity contribution in [3.63, 3.8) is 0 Å². The zero-order valence-electron chi connectivity index (χ0n) is 7.68. The molecule has 0 aromatic heterocycles. The highest BCUT2D eigenvalue weighted by atomic mass is 19.2. The van der Waals surface area contributed by atoms with E-state index in [9.17, 15) is 13.6 Å². The van der Waals surface area contributed by atoms with E-state index in [-0.39, 0.29) is 12.8 Å². The maximum atomic E-state index is 12.8. The predicted molar refractivity (Wildman–Crippen MR) is 47.1 cm³/mol. The van der Waals surface area contributed by atoms with Crippen molar-refractivity contribution in [3.05, 3.63) is 34.9 Å². The molecule has 0 bridgehead atoms. The lowest BCUT2D eigenvalue weighted by Crippen LogP contribution is -2.00. The van der Waals surface area contributed by atoms with Crippen LogP contribution in [0.1, 0.15) is 17.5 Å². The smallest absolute Gasteiger partial charge is 0.303 e. The number of carboxylic acid groups (broad SMARTS) is 1. The average Bonchev–Trinajstić information content (AvgIpc) is 2.09. The van der Waals surface area contributed by atoms with Gasteiger partial charge in [0.05, 0.1) is 0 Å². The van der Waals surface area contributed by atoms with Gasteiger partial charge in [-0.05, 0) is 36.6 Å². The van der Waals surface area contributed by atoms with Crippen molar-refractivity contribution in [1.82, 2.24) is 0 Å². The number of benzene rings is 1. The van der Waals surface area contributed by atoms with E-state index in [0.717, 1.165) is 12.1 Å². The third-order valence-corrected chi connectivity index (χ3v) is 1.99. The Bertz CT molecular complexity index is 361. The standard InChI is InChI=1S/C10H10F2O2/c1-6-4-8(11)9(12)5-7(6)2-3-10(13)14/h4-5H,2-3H2,1H3,(H,13,14). The number of hydrogen-bond acceptors (Lipinski definition) is 1. The van der Waals surface area contributed by atoms with Crippen molar-refractivity contribution in [2.75, 3.05) is 0 Å². The van der Waals surface area contributed by atoms with Gasteiger partial charge in [-0.15, -0.1) is 0 Å². The van der Waals surface area contributed by atoms with E-state index >= 15 is 0 Å². The number of aliphatic carboxylic acids is 1. The van der Waals surface area contributed by atoms with Crippen molar-refractivity contribution in [3.8, 4) is 0 Å². The number of carbonyl (C=O) groups is 1. The molecule has 76 valence electrons. The number of carboxylic acids is 1. The second kappa shape index (κ2) is 4.17. The first-order valence-corrected chi connectivity index (χ1v) is 4.17. The van der Waals surface area contributed by atoms with Crippen LogP contribution in [0.2, 0.25) is 0 Å². The van der Waals surface area contributed by atoms with E-state index < -0.39 is 17.6 Å². The Kier molecular flexibility index (Phi) is 3.17. The zero-order chi connectivity index (χ0) is 10.7. The number of rotatable bonds is 3. The molecule has 0 radical (unpaired) electrons. The Labute approximate surface area is 80.2 Å². The van der Waals surface area contributed by atoms with Crippen LogP contribution in [0.25, 0.3) is 0 Å². The minimum atomic E-state index is -0.950. The predicted octanol–water partition coefficient (Wildman–Crippen LogP) is 2.29. The molecule has 0 unspecified atom stereocenters. The SMILES string of the molecule is Cc1cc(F)c(F)cc1CCC(=O)O. The fraction of sp³-hybridized carbons (Fsp3) is 0.300. The van der Waals surface area contributed by atoms with Gasteiger partial charge in [0.25, 0.3) is 0 Å². The van der Waals surface area contributed by atoms with E-state index in [4.69, 9.17) is 5.11 Å². The van der Waals surface area contributed by atoms with Gasteiger partial charge >= 0.3 is 5.97 Å². The normalized spacial score (nSPS) is 10.2. The van der Waals surface area contributed by atoms with Crippen LogP contribution in [-0.2, 0) is 11.2 Å². The summed E-state index contributed by atoms with van der Waals surface area (Å²) in [7, 11) is 0. The molecule has 0 aliphatic heterocycles. The van der Waals surface area contributed by atoms with Crippen LogP contribution in [0.3, 0.4) is 0 Å². The van der Waals surface area contributed by atoms with Crippen LogP contribution in [0, 0.1) is 18.6 Å². The van der Waals surface area contributed by atoms with E-state index in [2.05, 4.69) is 0 Å². The third kappa shape index (κ3) is 2.52. The Morgan fingerprint density at radius 2 is 1.93 bits per heavy atom.